The molecule has 2 amide bonds. The van der Waals surface area contributed by atoms with E-state index in [9.17, 15) is 9.59 Å². The van der Waals surface area contributed by atoms with Crippen LogP contribution < -0.4 is 4.74 Å². The Morgan fingerprint density at radius 1 is 0.939 bits per heavy atom. The number of carbonyl (C=O) groups is 2. The van der Waals surface area contributed by atoms with Gasteiger partial charge in [0, 0.05) is 43.7 Å². The minimum atomic E-state index is 0.0173. The van der Waals surface area contributed by atoms with E-state index in [0.29, 0.717) is 44.6 Å². The lowest BCUT2D eigenvalue weighted by molar-refractivity contribution is -0.131. The smallest absolute Gasteiger partial charge is 0.254 e. The third kappa shape index (κ3) is 5.33. The van der Waals surface area contributed by atoms with E-state index in [2.05, 4.69) is 4.98 Å². The zero-order chi connectivity index (χ0) is 23.4. The third-order valence-corrected chi connectivity index (χ3v) is 6.25. The molecule has 0 bridgehead atoms. The van der Waals surface area contributed by atoms with Crippen LogP contribution in [0, 0.1) is 13.8 Å². The lowest BCUT2D eigenvalue weighted by Gasteiger charge is -2.23. The number of fused-ring (bicyclic) bond motifs is 1. The highest BCUT2D eigenvalue weighted by molar-refractivity contribution is 6.06. The van der Waals surface area contributed by atoms with Gasteiger partial charge in [-0.1, -0.05) is 23.8 Å². The lowest BCUT2D eigenvalue weighted by Crippen LogP contribution is -2.37. The van der Waals surface area contributed by atoms with Gasteiger partial charge in [0.1, 0.15) is 5.75 Å². The van der Waals surface area contributed by atoms with Crippen LogP contribution in [0.5, 0.6) is 5.75 Å². The van der Waals surface area contributed by atoms with E-state index >= 15 is 0 Å². The van der Waals surface area contributed by atoms with Crippen molar-refractivity contribution in [3.63, 3.8) is 0 Å². The fraction of sp³-hybridized carbons (Fsp3) is 0.370. The van der Waals surface area contributed by atoms with Crippen LogP contribution in [0.25, 0.3) is 10.9 Å². The number of aryl methyl sites for hydroxylation is 3. The Hall–Kier alpha value is -3.41. The highest BCUT2D eigenvalue weighted by Crippen LogP contribution is 2.22. The van der Waals surface area contributed by atoms with Crippen LogP contribution in [0.1, 0.15) is 40.0 Å². The fourth-order valence-corrected chi connectivity index (χ4v) is 4.39. The average Bonchev–Trinajstić information content (AvgIpc) is 3.08. The van der Waals surface area contributed by atoms with Crippen molar-refractivity contribution in [3.8, 4) is 5.75 Å². The first kappa shape index (κ1) is 22.8. The van der Waals surface area contributed by atoms with Crippen molar-refractivity contribution in [1.29, 1.82) is 0 Å². The zero-order valence-electron chi connectivity index (χ0n) is 19.6. The van der Waals surface area contributed by atoms with Crippen LogP contribution in [0.3, 0.4) is 0 Å². The van der Waals surface area contributed by atoms with Gasteiger partial charge in [-0.2, -0.15) is 0 Å². The van der Waals surface area contributed by atoms with Crippen molar-refractivity contribution in [1.82, 2.24) is 14.8 Å². The van der Waals surface area contributed by atoms with Crippen LogP contribution in [0.4, 0.5) is 0 Å². The SMILES string of the molecule is COc1ccc(CCC(=O)N2CCCN(C(=O)c3cc(C)nc4ccc(C)cc34)CC2)cc1. The molecule has 6 heteroatoms. The number of benzene rings is 2. The predicted octanol–water partition coefficient (Wildman–Crippen LogP) is 4.17. The molecule has 2 aromatic carbocycles. The molecule has 0 spiro atoms. The highest BCUT2D eigenvalue weighted by atomic mass is 16.5. The highest BCUT2D eigenvalue weighted by Gasteiger charge is 2.24. The first-order valence-electron chi connectivity index (χ1n) is 11.5. The molecule has 172 valence electrons. The van der Waals surface area contributed by atoms with E-state index < -0.39 is 0 Å². The second kappa shape index (κ2) is 10.0. The molecule has 1 aromatic heterocycles. The fourth-order valence-electron chi connectivity index (χ4n) is 4.39. The van der Waals surface area contributed by atoms with Gasteiger partial charge in [-0.15, -0.1) is 0 Å². The number of aromatic nitrogens is 1. The third-order valence-electron chi connectivity index (χ3n) is 6.25. The monoisotopic (exact) mass is 445 g/mol. The number of hydrogen-bond donors (Lipinski definition) is 0. The summed E-state index contributed by atoms with van der Waals surface area (Å²) in [4.78, 5) is 34.7. The van der Waals surface area contributed by atoms with Crippen molar-refractivity contribution in [2.24, 2.45) is 0 Å². The first-order chi connectivity index (χ1) is 15.9. The topological polar surface area (TPSA) is 62.7 Å². The Bertz CT molecular complexity index is 1160. The second-order valence-electron chi connectivity index (χ2n) is 8.71. The maximum atomic E-state index is 13.5. The van der Waals surface area contributed by atoms with Crippen molar-refractivity contribution in [2.75, 3.05) is 33.3 Å². The number of nitrogens with zero attached hydrogens (tertiary/aromatic N) is 3. The lowest BCUT2D eigenvalue weighted by atomic mass is 10.0. The Morgan fingerprint density at radius 2 is 1.67 bits per heavy atom. The Morgan fingerprint density at radius 3 is 2.42 bits per heavy atom. The van der Waals surface area contributed by atoms with Crippen molar-refractivity contribution >= 4 is 22.7 Å². The van der Waals surface area contributed by atoms with Gasteiger partial charge >= 0.3 is 0 Å². The number of methoxy groups -OCH3 is 1. The maximum Gasteiger partial charge on any atom is 0.254 e. The molecule has 6 nitrogen and oxygen atoms in total. The van der Waals surface area contributed by atoms with E-state index in [0.717, 1.165) is 39.9 Å². The molecule has 0 aliphatic carbocycles. The van der Waals surface area contributed by atoms with Crippen molar-refractivity contribution < 1.29 is 14.3 Å². The number of amides is 2. The van der Waals surface area contributed by atoms with Gasteiger partial charge in [0.25, 0.3) is 5.91 Å². The summed E-state index contributed by atoms with van der Waals surface area (Å²) in [7, 11) is 1.64. The van der Waals surface area contributed by atoms with Gasteiger partial charge in [0.15, 0.2) is 0 Å². The summed E-state index contributed by atoms with van der Waals surface area (Å²) in [6, 6.07) is 15.7. The molecule has 2 heterocycles. The van der Waals surface area contributed by atoms with E-state index in [1.165, 1.54) is 0 Å². The summed E-state index contributed by atoms with van der Waals surface area (Å²) in [6.07, 6.45) is 1.94. The van der Waals surface area contributed by atoms with E-state index in [1.807, 2.05) is 72.2 Å². The van der Waals surface area contributed by atoms with Gasteiger partial charge < -0.3 is 14.5 Å². The van der Waals surface area contributed by atoms with Gasteiger partial charge in [0.2, 0.25) is 5.91 Å². The molecule has 3 aromatic rings. The van der Waals surface area contributed by atoms with Crippen LogP contribution in [0.2, 0.25) is 0 Å². The molecule has 0 saturated carbocycles. The summed E-state index contributed by atoms with van der Waals surface area (Å²) in [6.45, 7) is 6.38. The van der Waals surface area contributed by atoms with Crippen LogP contribution in [-0.4, -0.2) is 59.9 Å². The summed E-state index contributed by atoms with van der Waals surface area (Å²) >= 11 is 0. The Kier molecular flexibility index (Phi) is 6.92. The van der Waals surface area contributed by atoms with E-state index in [4.69, 9.17) is 4.74 Å². The predicted molar refractivity (Wildman–Crippen MR) is 130 cm³/mol. The minimum absolute atomic E-state index is 0.0173. The molecule has 1 aliphatic heterocycles. The summed E-state index contributed by atoms with van der Waals surface area (Å²) in [5, 5.41) is 0.891. The van der Waals surface area contributed by atoms with Crippen LogP contribution in [0.15, 0.2) is 48.5 Å². The summed E-state index contributed by atoms with van der Waals surface area (Å²) in [5.74, 6) is 0.972. The molecule has 1 fully saturated rings. The van der Waals surface area contributed by atoms with E-state index in [1.54, 1.807) is 7.11 Å². The minimum Gasteiger partial charge on any atom is -0.497 e. The number of carbonyl (C=O) groups excluding carboxylic acids is 2. The largest absolute Gasteiger partial charge is 0.497 e. The number of pyridine rings is 1. The molecule has 33 heavy (non-hydrogen) atoms. The van der Waals surface area contributed by atoms with Crippen molar-refractivity contribution in [2.45, 2.75) is 33.1 Å². The van der Waals surface area contributed by atoms with E-state index in [-0.39, 0.29) is 11.8 Å². The Balaban J connectivity index is 1.40. The molecule has 1 aliphatic rings. The summed E-state index contributed by atoms with van der Waals surface area (Å²) in [5.41, 5.74) is 4.59. The van der Waals surface area contributed by atoms with Gasteiger partial charge in [-0.25, -0.2) is 0 Å². The molecule has 1 saturated heterocycles. The molecule has 0 N–H and O–H groups in total. The van der Waals surface area contributed by atoms with Crippen LogP contribution in [-0.2, 0) is 11.2 Å². The number of hydrogen-bond acceptors (Lipinski definition) is 4. The van der Waals surface area contributed by atoms with Crippen molar-refractivity contribution in [3.05, 3.63) is 70.9 Å². The second-order valence-corrected chi connectivity index (χ2v) is 8.71. The van der Waals surface area contributed by atoms with Gasteiger partial charge in [-0.05, 0) is 62.6 Å². The zero-order valence-corrected chi connectivity index (χ0v) is 19.6. The van der Waals surface area contributed by atoms with Gasteiger partial charge in [0.05, 0.1) is 18.2 Å². The molecule has 0 atom stereocenters. The number of rotatable bonds is 5. The molecular weight excluding hydrogens is 414 g/mol. The quantitative estimate of drug-likeness (QED) is 0.591. The average molecular weight is 446 g/mol. The number of ether oxygens (including phenoxy) is 1. The Labute approximate surface area is 195 Å². The van der Waals surface area contributed by atoms with Crippen LogP contribution >= 0.6 is 0 Å². The normalized spacial score (nSPS) is 14.3. The molecule has 0 unspecified atom stereocenters. The first-order valence-corrected chi connectivity index (χ1v) is 11.5. The molecular formula is C27H31N3O3. The summed E-state index contributed by atoms with van der Waals surface area (Å²) < 4.78 is 5.19. The van der Waals surface area contributed by atoms with Gasteiger partial charge in [-0.3, -0.25) is 14.6 Å². The molecule has 4 rings (SSSR count). The standard InChI is InChI=1S/C27H31N3O3/c1-19-5-11-25-23(17-19)24(18-20(2)28-25)27(32)30-14-4-13-29(15-16-30)26(31)12-8-21-6-9-22(33-3)10-7-21/h5-7,9-11,17-18H,4,8,12-16H2,1-3H3. The molecule has 0 radical (unpaired) electrons. The maximum absolute atomic E-state index is 13.5.